The first-order chi connectivity index (χ1) is 9.70. The zero-order valence-corrected chi connectivity index (χ0v) is 11.1. The van der Waals surface area contributed by atoms with Crippen LogP contribution in [0.4, 0.5) is 16.2 Å². The number of urea groups is 1. The molecule has 0 atom stereocenters. The van der Waals surface area contributed by atoms with Crippen molar-refractivity contribution in [2.45, 2.75) is 0 Å². The van der Waals surface area contributed by atoms with Crippen molar-refractivity contribution in [2.75, 3.05) is 10.6 Å². The molecule has 100 valence electrons. The summed E-state index contributed by atoms with van der Waals surface area (Å²) in [5.74, 6) is 0. The molecule has 0 fully saturated rings. The quantitative estimate of drug-likeness (QED) is 0.756. The average molecular weight is 287 g/mol. The number of nitrogens with zero attached hydrogens (tertiary/aromatic N) is 2. The van der Waals surface area contributed by atoms with Crippen LogP contribution in [0.15, 0.2) is 55.0 Å². The van der Waals surface area contributed by atoms with Gasteiger partial charge in [-0.2, -0.15) is 0 Å². The number of anilines is 2. The number of carbonyl (C=O) groups excluding carboxylic acids is 1. The third kappa shape index (κ3) is 2.73. The van der Waals surface area contributed by atoms with Gasteiger partial charge in [0.1, 0.15) is 5.65 Å². The average Bonchev–Trinajstić information content (AvgIpc) is 2.89. The molecule has 0 bridgehead atoms. The fourth-order valence-corrected chi connectivity index (χ4v) is 1.95. The van der Waals surface area contributed by atoms with Gasteiger partial charge in [-0.05, 0) is 36.4 Å². The first kappa shape index (κ1) is 12.5. The molecule has 2 amide bonds. The minimum absolute atomic E-state index is 0.313. The van der Waals surface area contributed by atoms with Gasteiger partial charge < -0.3 is 15.0 Å². The highest BCUT2D eigenvalue weighted by molar-refractivity contribution is 6.30. The Labute approximate surface area is 120 Å². The Morgan fingerprint density at radius 2 is 1.75 bits per heavy atom. The standard InChI is InChI=1S/C14H11ClN4O/c15-10-1-3-11(4-2-10)17-14(20)18-12-5-6-13-16-7-8-19(13)9-12/h1-9H,(H2,17,18,20). The van der Waals surface area contributed by atoms with E-state index >= 15 is 0 Å². The molecular formula is C14H11ClN4O. The first-order valence-corrected chi connectivity index (χ1v) is 6.35. The molecular weight excluding hydrogens is 276 g/mol. The molecule has 0 saturated carbocycles. The molecule has 0 aliphatic carbocycles. The van der Waals surface area contributed by atoms with E-state index in [1.807, 2.05) is 16.7 Å². The Kier molecular flexibility index (Phi) is 3.26. The van der Waals surface area contributed by atoms with E-state index in [0.717, 1.165) is 5.65 Å². The number of halogens is 1. The highest BCUT2D eigenvalue weighted by Gasteiger charge is 2.03. The van der Waals surface area contributed by atoms with Crippen molar-refractivity contribution in [1.82, 2.24) is 9.38 Å². The van der Waals surface area contributed by atoms with E-state index < -0.39 is 0 Å². The predicted molar refractivity (Wildman–Crippen MR) is 79.3 cm³/mol. The first-order valence-electron chi connectivity index (χ1n) is 5.97. The van der Waals surface area contributed by atoms with E-state index in [0.29, 0.717) is 16.4 Å². The van der Waals surface area contributed by atoms with Crippen LogP contribution >= 0.6 is 11.6 Å². The van der Waals surface area contributed by atoms with Crippen LogP contribution in [0.5, 0.6) is 0 Å². The van der Waals surface area contributed by atoms with Crippen LogP contribution in [0.3, 0.4) is 0 Å². The van der Waals surface area contributed by atoms with Gasteiger partial charge in [0, 0.05) is 29.3 Å². The van der Waals surface area contributed by atoms with Crippen molar-refractivity contribution in [1.29, 1.82) is 0 Å². The van der Waals surface area contributed by atoms with Gasteiger partial charge in [0.05, 0.1) is 5.69 Å². The number of amides is 2. The van der Waals surface area contributed by atoms with Gasteiger partial charge in [-0.1, -0.05) is 11.6 Å². The van der Waals surface area contributed by atoms with Crippen LogP contribution in [0.1, 0.15) is 0 Å². The van der Waals surface area contributed by atoms with E-state index in [9.17, 15) is 4.79 Å². The van der Waals surface area contributed by atoms with Crippen molar-refractivity contribution in [2.24, 2.45) is 0 Å². The molecule has 0 radical (unpaired) electrons. The lowest BCUT2D eigenvalue weighted by Crippen LogP contribution is -2.19. The molecule has 2 aromatic heterocycles. The number of nitrogens with one attached hydrogen (secondary N) is 2. The van der Waals surface area contributed by atoms with Gasteiger partial charge >= 0.3 is 6.03 Å². The van der Waals surface area contributed by atoms with E-state index in [1.54, 1.807) is 42.7 Å². The van der Waals surface area contributed by atoms with E-state index in [4.69, 9.17) is 11.6 Å². The largest absolute Gasteiger partial charge is 0.323 e. The number of pyridine rings is 1. The van der Waals surface area contributed by atoms with Gasteiger partial charge in [-0.3, -0.25) is 0 Å². The van der Waals surface area contributed by atoms with Crippen molar-refractivity contribution < 1.29 is 4.79 Å². The second-order valence-electron chi connectivity index (χ2n) is 4.20. The second kappa shape index (κ2) is 5.22. The fraction of sp³-hybridized carbons (Fsp3) is 0. The molecule has 2 heterocycles. The maximum absolute atomic E-state index is 11.9. The van der Waals surface area contributed by atoms with E-state index in [2.05, 4.69) is 15.6 Å². The summed E-state index contributed by atoms with van der Waals surface area (Å²) in [5.41, 5.74) is 2.19. The number of aromatic nitrogens is 2. The second-order valence-corrected chi connectivity index (χ2v) is 4.63. The van der Waals surface area contributed by atoms with Crippen LogP contribution in [0, 0.1) is 0 Å². The summed E-state index contributed by atoms with van der Waals surface area (Å²) in [5, 5.41) is 6.11. The van der Waals surface area contributed by atoms with Crippen molar-refractivity contribution in [3.05, 3.63) is 60.0 Å². The van der Waals surface area contributed by atoms with Crippen LogP contribution in [-0.2, 0) is 0 Å². The minimum atomic E-state index is -0.313. The number of hydrogen-bond acceptors (Lipinski definition) is 2. The summed E-state index contributed by atoms with van der Waals surface area (Å²) < 4.78 is 1.83. The van der Waals surface area contributed by atoms with Crippen molar-refractivity contribution in [3.63, 3.8) is 0 Å². The van der Waals surface area contributed by atoms with Gasteiger partial charge in [0.2, 0.25) is 0 Å². The molecule has 0 unspecified atom stereocenters. The van der Waals surface area contributed by atoms with E-state index in [1.165, 1.54) is 0 Å². The smallest absolute Gasteiger partial charge is 0.308 e. The van der Waals surface area contributed by atoms with E-state index in [-0.39, 0.29) is 6.03 Å². The topological polar surface area (TPSA) is 58.4 Å². The molecule has 2 N–H and O–H groups in total. The normalized spacial score (nSPS) is 10.4. The lowest BCUT2D eigenvalue weighted by Gasteiger charge is -2.08. The lowest BCUT2D eigenvalue weighted by atomic mass is 10.3. The molecule has 3 rings (SSSR count). The number of hydrogen-bond donors (Lipinski definition) is 2. The maximum atomic E-state index is 11.9. The fourth-order valence-electron chi connectivity index (χ4n) is 1.82. The predicted octanol–water partition coefficient (Wildman–Crippen LogP) is 3.63. The summed E-state index contributed by atoms with van der Waals surface area (Å²) in [7, 11) is 0. The molecule has 0 spiro atoms. The van der Waals surface area contributed by atoms with Gasteiger partial charge in [-0.15, -0.1) is 0 Å². The molecule has 20 heavy (non-hydrogen) atoms. The monoisotopic (exact) mass is 286 g/mol. The van der Waals surface area contributed by atoms with Crippen molar-refractivity contribution >= 4 is 34.7 Å². The number of benzene rings is 1. The summed E-state index contributed by atoms with van der Waals surface area (Å²) in [6.45, 7) is 0. The number of fused-ring (bicyclic) bond motifs is 1. The van der Waals surface area contributed by atoms with Gasteiger partial charge in [0.25, 0.3) is 0 Å². The van der Waals surface area contributed by atoms with Crippen molar-refractivity contribution in [3.8, 4) is 0 Å². The van der Waals surface area contributed by atoms with Gasteiger partial charge in [0.15, 0.2) is 0 Å². The Morgan fingerprint density at radius 1 is 1.05 bits per heavy atom. The molecule has 0 saturated heterocycles. The maximum Gasteiger partial charge on any atom is 0.323 e. The molecule has 6 heteroatoms. The third-order valence-electron chi connectivity index (χ3n) is 2.75. The summed E-state index contributed by atoms with van der Waals surface area (Å²) in [6, 6.07) is 10.2. The number of rotatable bonds is 2. The zero-order valence-electron chi connectivity index (χ0n) is 10.4. The third-order valence-corrected chi connectivity index (χ3v) is 3.00. The molecule has 1 aromatic carbocycles. The van der Waals surface area contributed by atoms with Crippen LogP contribution in [-0.4, -0.2) is 15.4 Å². The lowest BCUT2D eigenvalue weighted by molar-refractivity contribution is 0.262. The summed E-state index contributed by atoms with van der Waals surface area (Å²) in [4.78, 5) is 16.0. The highest BCUT2D eigenvalue weighted by Crippen LogP contribution is 2.14. The Bertz CT molecular complexity index is 751. The molecule has 0 aliphatic heterocycles. The van der Waals surface area contributed by atoms with Crippen LogP contribution in [0.25, 0.3) is 5.65 Å². The van der Waals surface area contributed by atoms with Crippen LogP contribution in [0.2, 0.25) is 5.02 Å². The Morgan fingerprint density at radius 3 is 2.55 bits per heavy atom. The number of imidazole rings is 1. The van der Waals surface area contributed by atoms with Crippen LogP contribution < -0.4 is 10.6 Å². The zero-order chi connectivity index (χ0) is 13.9. The Balaban J connectivity index is 1.70. The Hall–Kier alpha value is -2.53. The molecule has 5 nitrogen and oxygen atoms in total. The minimum Gasteiger partial charge on any atom is -0.308 e. The summed E-state index contributed by atoms with van der Waals surface area (Å²) >= 11 is 5.79. The summed E-state index contributed by atoms with van der Waals surface area (Å²) in [6.07, 6.45) is 5.31. The SMILES string of the molecule is O=C(Nc1ccc(Cl)cc1)Nc1ccc2nccn2c1. The highest BCUT2D eigenvalue weighted by atomic mass is 35.5. The molecule has 3 aromatic rings. The van der Waals surface area contributed by atoms with Gasteiger partial charge in [-0.25, -0.2) is 9.78 Å². The number of carbonyl (C=O) groups is 1. The molecule has 0 aliphatic rings.